The fourth-order valence-corrected chi connectivity index (χ4v) is 0.656. The van der Waals surface area contributed by atoms with Crippen molar-refractivity contribution in [2.75, 3.05) is 26.7 Å². The van der Waals surface area contributed by atoms with Crippen LogP contribution in [0.2, 0.25) is 0 Å². The van der Waals surface area contributed by atoms with Crippen molar-refractivity contribution in [3.63, 3.8) is 0 Å². The van der Waals surface area contributed by atoms with E-state index in [1.807, 2.05) is 19.3 Å². The van der Waals surface area contributed by atoms with Crippen molar-refractivity contribution in [1.82, 2.24) is 4.90 Å². The van der Waals surface area contributed by atoms with E-state index in [9.17, 15) is 0 Å². The molecule has 3 heteroatoms. The molecule has 0 amide bonds. The van der Waals surface area contributed by atoms with Crippen LogP contribution in [0.25, 0.3) is 0 Å². The van der Waals surface area contributed by atoms with Crippen LogP contribution < -0.4 is 11.5 Å². The Labute approximate surface area is 62.7 Å². The van der Waals surface area contributed by atoms with E-state index in [2.05, 4.69) is 4.90 Å². The van der Waals surface area contributed by atoms with E-state index < -0.39 is 0 Å². The van der Waals surface area contributed by atoms with Crippen molar-refractivity contribution in [1.29, 1.82) is 0 Å². The molecule has 0 rings (SSSR count). The van der Waals surface area contributed by atoms with E-state index in [0.717, 1.165) is 19.5 Å². The van der Waals surface area contributed by atoms with E-state index in [1.165, 1.54) is 0 Å². The number of hydrogen-bond acceptors (Lipinski definition) is 3. The molecule has 0 unspecified atom stereocenters. The summed E-state index contributed by atoms with van der Waals surface area (Å²) >= 11 is 0. The van der Waals surface area contributed by atoms with Gasteiger partial charge >= 0.3 is 0 Å². The van der Waals surface area contributed by atoms with E-state index >= 15 is 0 Å². The average Bonchev–Trinajstić information content (AvgIpc) is 1.97. The van der Waals surface area contributed by atoms with Crippen molar-refractivity contribution in [2.24, 2.45) is 11.5 Å². The average molecular weight is 143 g/mol. The smallest absolute Gasteiger partial charge is 0.0181 e. The van der Waals surface area contributed by atoms with Crippen LogP contribution in [-0.4, -0.2) is 31.6 Å². The second-order valence-electron chi connectivity index (χ2n) is 2.24. The molecule has 0 aliphatic heterocycles. The molecule has 0 aliphatic carbocycles. The minimum atomic E-state index is 0.604. The summed E-state index contributed by atoms with van der Waals surface area (Å²) < 4.78 is 0. The highest BCUT2D eigenvalue weighted by atomic mass is 15.1. The highest BCUT2D eigenvalue weighted by Gasteiger charge is 1.87. The van der Waals surface area contributed by atoms with Crippen molar-refractivity contribution >= 4 is 0 Å². The Hall–Kier alpha value is -0.540. The molecule has 10 heavy (non-hydrogen) atoms. The lowest BCUT2D eigenvalue weighted by atomic mass is 10.4. The van der Waals surface area contributed by atoms with Gasteiger partial charge in [-0.3, -0.25) is 0 Å². The Morgan fingerprint density at radius 1 is 1.40 bits per heavy atom. The van der Waals surface area contributed by atoms with Gasteiger partial charge in [-0.25, -0.2) is 0 Å². The summed E-state index contributed by atoms with van der Waals surface area (Å²) in [7, 11) is 2.02. The third kappa shape index (κ3) is 5.59. The number of nitrogens with two attached hydrogens (primary N) is 2. The Morgan fingerprint density at radius 3 is 2.60 bits per heavy atom. The van der Waals surface area contributed by atoms with Gasteiger partial charge in [-0.05, 0) is 19.2 Å². The molecule has 0 fully saturated rings. The SMILES string of the molecule is CN(C=CCN)CCCN. The quantitative estimate of drug-likeness (QED) is 0.557. The largest absolute Gasteiger partial charge is 0.381 e. The zero-order chi connectivity index (χ0) is 7.82. The molecule has 0 aromatic heterocycles. The molecule has 0 bridgehead atoms. The minimum Gasteiger partial charge on any atom is -0.381 e. The highest BCUT2D eigenvalue weighted by molar-refractivity contribution is 4.81. The van der Waals surface area contributed by atoms with Crippen LogP contribution in [0.1, 0.15) is 6.42 Å². The predicted octanol–water partition coefficient (Wildman–Crippen LogP) is -0.261. The monoisotopic (exact) mass is 143 g/mol. The Morgan fingerprint density at radius 2 is 2.10 bits per heavy atom. The molecule has 0 radical (unpaired) electrons. The van der Waals surface area contributed by atoms with Crippen LogP contribution >= 0.6 is 0 Å². The van der Waals surface area contributed by atoms with Gasteiger partial charge in [0.25, 0.3) is 0 Å². The Bertz CT molecular complexity index is 90.9. The maximum atomic E-state index is 5.33. The molecular weight excluding hydrogens is 126 g/mol. The lowest BCUT2D eigenvalue weighted by molar-refractivity contribution is 0.446. The molecular formula is C7H17N3. The second kappa shape index (κ2) is 6.58. The first kappa shape index (κ1) is 9.46. The molecule has 0 aromatic carbocycles. The topological polar surface area (TPSA) is 55.3 Å². The summed E-state index contributed by atoms with van der Waals surface area (Å²) in [5, 5.41) is 0. The number of hydrogen-bond donors (Lipinski definition) is 2. The zero-order valence-corrected chi connectivity index (χ0v) is 6.59. The van der Waals surface area contributed by atoms with Crippen molar-refractivity contribution < 1.29 is 0 Å². The summed E-state index contributed by atoms with van der Waals surface area (Å²) in [6, 6.07) is 0. The third-order valence-corrected chi connectivity index (χ3v) is 1.21. The number of rotatable bonds is 5. The predicted molar refractivity (Wildman–Crippen MR) is 44.5 cm³/mol. The van der Waals surface area contributed by atoms with Crippen LogP contribution in [-0.2, 0) is 0 Å². The van der Waals surface area contributed by atoms with Crippen molar-refractivity contribution in [2.45, 2.75) is 6.42 Å². The van der Waals surface area contributed by atoms with Crippen molar-refractivity contribution in [3.8, 4) is 0 Å². The van der Waals surface area contributed by atoms with E-state index in [4.69, 9.17) is 11.5 Å². The van der Waals surface area contributed by atoms with Gasteiger partial charge in [-0.1, -0.05) is 6.08 Å². The normalized spacial score (nSPS) is 10.7. The van der Waals surface area contributed by atoms with Crippen LogP contribution in [0.15, 0.2) is 12.3 Å². The molecule has 0 heterocycles. The molecule has 0 aliphatic rings. The van der Waals surface area contributed by atoms with Gasteiger partial charge in [-0.2, -0.15) is 0 Å². The van der Waals surface area contributed by atoms with Gasteiger partial charge in [0.2, 0.25) is 0 Å². The maximum Gasteiger partial charge on any atom is 0.0181 e. The lowest BCUT2D eigenvalue weighted by Gasteiger charge is -2.11. The third-order valence-electron chi connectivity index (χ3n) is 1.21. The van der Waals surface area contributed by atoms with Gasteiger partial charge in [0.1, 0.15) is 0 Å². The molecule has 3 nitrogen and oxygen atoms in total. The first-order valence-corrected chi connectivity index (χ1v) is 3.58. The second-order valence-corrected chi connectivity index (χ2v) is 2.24. The fourth-order valence-electron chi connectivity index (χ4n) is 0.656. The van der Waals surface area contributed by atoms with Gasteiger partial charge < -0.3 is 16.4 Å². The molecule has 0 aromatic rings. The Balaban J connectivity index is 3.24. The van der Waals surface area contributed by atoms with Crippen LogP contribution in [0.5, 0.6) is 0 Å². The maximum absolute atomic E-state index is 5.33. The summed E-state index contributed by atoms with van der Waals surface area (Å²) in [5.41, 5.74) is 10.6. The van der Waals surface area contributed by atoms with Gasteiger partial charge in [0.15, 0.2) is 0 Å². The molecule has 60 valence electrons. The van der Waals surface area contributed by atoms with Gasteiger partial charge in [0.05, 0.1) is 0 Å². The highest BCUT2D eigenvalue weighted by Crippen LogP contribution is 1.85. The fraction of sp³-hybridized carbons (Fsp3) is 0.714. The first-order chi connectivity index (χ1) is 4.81. The summed E-state index contributed by atoms with van der Waals surface area (Å²) in [4.78, 5) is 2.08. The summed E-state index contributed by atoms with van der Waals surface area (Å²) in [6.45, 7) is 2.36. The van der Waals surface area contributed by atoms with Crippen molar-refractivity contribution in [3.05, 3.63) is 12.3 Å². The lowest BCUT2D eigenvalue weighted by Crippen LogP contribution is -2.16. The molecule has 0 atom stereocenters. The summed E-state index contributed by atoms with van der Waals surface area (Å²) in [5.74, 6) is 0. The molecule has 4 N–H and O–H groups in total. The minimum absolute atomic E-state index is 0.604. The standard InChI is InChI=1S/C7H17N3/c1-10(6-2-4-8)7-3-5-9/h2,6H,3-5,7-9H2,1H3. The van der Waals surface area contributed by atoms with Crippen LogP contribution in [0, 0.1) is 0 Å². The Kier molecular flexibility index (Phi) is 6.22. The molecule has 0 saturated heterocycles. The van der Waals surface area contributed by atoms with Gasteiger partial charge in [-0.15, -0.1) is 0 Å². The summed E-state index contributed by atoms with van der Waals surface area (Å²) in [6.07, 6.45) is 4.94. The van der Waals surface area contributed by atoms with E-state index in [0.29, 0.717) is 6.54 Å². The van der Waals surface area contributed by atoms with Crippen LogP contribution in [0.3, 0.4) is 0 Å². The molecule has 0 saturated carbocycles. The van der Waals surface area contributed by atoms with E-state index in [1.54, 1.807) is 0 Å². The number of nitrogens with zero attached hydrogens (tertiary/aromatic N) is 1. The van der Waals surface area contributed by atoms with Crippen LogP contribution in [0.4, 0.5) is 0 Å². The first-order valence-electron chi connectivity index (χ1n) is 3.58. The molecule has 0 spiro atoms. The van der Waals surface area contributed by atoms with E-state index in [-0.39, 0.29) is 0 Å². The van der Waals surface area contributed by atoms with Gasteiger partial charge in [0, 0.05) is 20.1 Å². The zero-order valence-electron chi connectivity index (χ0n) is 6.59.